The Labute approximate surface area is 125 Å². The maximum Gasteiger partial charge on any atom is 0.574 e. The number of halogens is 7. The van der Waals surface area contributed by atoms with Crippen LogP contribution in [0.2, 0.25) is 0 Å². The van der Waals surface area contributed by atoms with E-state index in [1.807, 2.05) is 0 Å². The lowest BCUT2D eigenvalue weighted by Gasteiger charge is -2.16. The van der Waals surface area contributed by atoms with Crippen molar-refractivity contribution >= 4 is 17.6 Å². The van der Waals surface area contributed by atoms with Gasteiger partial charge in [-0.2, -0.15) is 13.2 Å². The first kappa shape index (κ1) is 18.3. The lowest BCUT2D eigenvalue weighted by molar-refractivity contribution is -0.276. The van der Waals surface area contributed by atoms with Crippen LogP contribution in [0.15, 0.2) is 6.07 Å². The molecular formula is C11H8ClF6NO3. The van der Waals surface area contributed by atoms with Crippen molar-refractivity contribution in [3.8, 4) is 5.88 Å². The summed E-state index contributed by atoms with van der Waals surface area (Å²) in [4.78, 5) is 14.3. The molecule has 1 aromatic rings. The van der Waals surface area contributed by atoms with Crippen molar-refractivity contribution < 1.29 is 40.6 Å². The second-order valence-corrected chi connectivity index (χ2v) is 4.02. The zero-order chi connectivity index (χ0) is 17.1. The smallest absolute Gasteiger partial charge is 0.462 e. The molecule has 124 valence electrons. The number of alkyl halides is 7. The number of ether oxygens (including phenoxy) is 2. The Morgan fingerprint density at radius 1 is 1.27 bits per heavy atom. The van der Waals surface area contributed by atoms with Crippen LogP contribution < -0.4 is 4.74 Å². The second kappa shape index (κ2) is 6.59. The van der Waals surface area contributed by atoms with Gasteiger partial charge in [0, 0.05) is 5.88 Å². The van der Waals surface area contributed by atoms with E-state index in [4.69, 9.17) is 11.6 Å². The number of rotatable bonds is 4. The van der Waals surface area contributed by atoms with E-state index in [1.165, 1.54) is 6.92 Å². The molecule has 0 aliphatic carbocycles. The average Bonchev–Trinajstić information content (AvgIpc) is 2.35. The van der Waals surface area contributed by atoms with Gasteiger partial charge < -0.3 is 9.47 Å². The fraction of sp³-hybridized carbons (Fsp3) is 0.455. The minimum absolute atomic E-state index is 0.207. The number of carbonyl (C=O) groups excluding carboxylic acids is 1. The van der Waals surface area contributed by atoms with Gasteiger partial charge in [0.1, 0.15) is 5.56 Å². The van der Waals surface area contributed by atoms with Crippen molar-refractivity contribution in [3.05, 3.63) is 22.9 Å². The molecule has 11 heteroatoms. The van der Waals surface area contributed by atoms with Crippen molar-refractivity contribution in [2.24, 2.45) is 0 Å². The molecule has 0 fully saturated rings. The highest BCUT2D eigenvalue weighted by Gasteiger charge is 2.40. The number of hydrogen-bond acceptors (Lipinski definition) is 4. The molecule has 1 heterocycles. The fourth-order valence-corrected chi connectivity index (χ4v) is 1.63. The Balaban J connectivity index is 3.50. The molecule has 0 aliphatic rings. The monoisotopic (exact) mass is 351 g/mol. The number of pyridine rings is 1. The molecule has 1 rings (SSSR count). The molecule has 0 saturated carbocycles. The second-order valence-electron chi connectivity index (χ2n) is 3.75. The van der Waals surface area contributed by atoms with Crippen LogP contribution in [-0.4, -0.2) is 23.9 Å². The first-order chi connectivity index (χ1) is 9.99. The Kier molecular flexibility index (Phi) is 5.49. The van der Waals surface area contributed by atoms with Crippen LogP contribution in [0.4, 0.5) is 26.3 Å². The van der Waals surface area contributed by atoms with Crippen molar-refractivity contribution in [1.82, 2.24) is 4.98 Å². The predicted octanol–water partition coefficient (Wildman–Crippen LogP) is 3.91. The van der Waals surface area contributed by atoms with Crippen molar-refractivity contribution in [2.45, 2.75) is 25.3 Å². The fourth-order valence-electron chi connectivity index (χ4n) is 1.43. The summed E-state index contributed by atoms with van der Waals surface area (Å²) in [5.41, 5.74) is -3.25. The molecule has 0 aliphatic heterocycles. The number of hydrogen-bond donors (Lipinski definition) is 0. The molecule has 0 saturated heterocycles. The van der Waals surface area contributed by atoms with E-state index < -0.39 is 47.1 Å². The van der Waals surface area contributed by atoms with Gasteiger partial charge in [0.05, 0.1) is 6.61 Å². The minimum Gasteiger partial charge on any atom is -0.462 e. The summed E-state index contributed by atoms with van der Waals surface area (Å²) in [6.45, 7) is 1.16. The molecular weight excluding hydrogens is 344 g/mol. The number of esters is 1. The van der Waals surface area contributed by atoms with Gasteiger partial charge in [0.15, 0.2) is 5.69 Å². The van der Waals surface area contributed by atoms with Gasteiger partial charge in [-0.1, -0.05) is 0 Å². The van der Waals surface area contributed by atoms with E-state index in [1.54, 1.807) is 0 Å². The maximum absolute atomic E-state index is 12.8. The third-order valence-corrected chi connectivity index (χ3v) is 2.47. The maximum atomic E-state index is 12.8. The molecule has 0 N–H and O–H groups in total. The summed E-state index contributed by atoms with van der Waals surface area (Å²) in [6.07, 6.45) is -10.4. The minimum atomic E-state index is -5.33. The zero-order valence-corrected chi connectivity index (χ0v) is 11.6. The Hall–Kier alpha value is -1.71. The first-order valence-corrected chi connectivity index (χ1v) is 6.13. The molecule has 0 amide bonds. The Morgan fingerprint density at radius 3 is 2.27 bits per heavy atom. The highest BCUT2D eigenvalue weighted by atomic mass is 35.5. The van der Waals surface area contributed by atoms with E-state index in [0.717, 1.165) is 0 Å². The highest BCUT2D eigenvalue weighted by Crippen LogP contribution is 2.35. The van der Waals surface area contributed by atoms with Gasteiger partial charge in [-0.15, -0.1) is 24.8 Å². The molecule has 4 nitrogen and oxygen atoms in total. The lowest BCUT2D eigenvalue weighted by atomic mass is 10.1. The molecule has 0 radical (unpaired) electrons. The van der Waals surface area contributed by atoms with Gasteiger partial charge >= 0.3 is 18.5 Å². The first-order valence-electron chi connectivity index (χ1n) is 5.59. The topological polar surface area (TPSA) is 48.4 Å². The van der Waals surface area contributed by atoms with Crippen LogP contribution in [0.3, 0.4) is 0 Å². The zero-order valence-electron chi connectivity index (χ0n) is 10.8. The molecule has 0 aromatic carbocycles. The molecule has 22 heavy (non-hydrogen) atoms. The van der Waals surface area contributed by atoms with Crippen LogP contribution in [0.1, 0.15) is 28.5 Å². The van der Waals surface area contributed by atoms with Crippen LogP contribution in [0.5, 0.6) is 5.88 Å². The van der Waals surface area contributed by atoms with Crippen LogP contribution in [0.25, 0.3) is 0 Å². The summed E-state index contributed by atoms with van der Waals surface area (Å²) < 4.78 is 82.9. The van der Waals surface area contributed by atoms with Crippen molar-refractivity contribution in [2.75, 3.05) is 6.61 Å². The van der Waals surface area contributed by atoms with E-state index >= 15 is 0 Å². The normalized spacial score (nSPS) is 12.2. The van der Waals surface area contributed by atoms with Gasteiger partial charge in [-0.25, -0.2) is 9.78 Å². The van der Waals surface area contributed by atoms with Gasteiger partial charge in [0.25, 0.3) is 0 Å². The van der Waals surface area contributed by atoms with E-state index in [2.05, 4.69) is 14.5 Å². The molecule has 0 atom stereocenters. The summed E-state index contributed by atoms with van der Waals surface area (Å²) in [5.74, 6) is -3.58. The Bertz CT molecular complexity index is 558. The summed E-state index contributed by atoms with van der Waals surface area (Å²) >= 11 is 5.32. The molecule has 0 spiro atoms. The predicted molar refractivity (Wildman–Crippen MR) is 61.4 cm³/mol. The largest absolute Gasteiger partial charge is 0.574 e. The van der Waals surface area contributed by atoms with E-state index in [-0.39, 0.29) is 6.61 Å². The molecule has 0 bridgehead atoms. The quantitative estimate of drug-likeness (QED) is 0.469. The highest BCUT2D eigenvalue weighted by molar-refractivity contribution is 6.17. The Morgan fingerprint density at radius 2 is 1.86 bits per heavy atom. The molecule has 1 aromatic heterocycles. The van der Waals surface area contributed by atoms with Gasteiger partial charge in [0.2, 0.25) is 5.88 Å². The number of carbonyl (C=O) groups is 1. The van der Waals surface area contributed by atoms with Crippen molar-refractivity contribution in [1.29, 1.82) is 0 Å². The van der Waals surface area contributed by atoms with Gasteiger partial charge in [-0.3, -0.25) is 0 Å². The van der Waals surface area contributed by atoms with Crippen molar-refractivity contribution in [3.63, 3.8) is 0 Å². The standard InChI is InChI=1S/C11H8ClF6NO3/c1-2-21-9(20)6-3-5(4-12)7(10(13,14)15)19-8(6)22-11(16,17)18/h3H,2,4H2,1H3. The van der Waals surface area contributed by atoms with Crippen LogP contribution in [0, 0.1) is 0 Å². The molecule has 0 unspecified atom stereocenters. The lowest BCUT2D eigenvalue weighted by Crippen LogP contribution is -2.23. The van der Waals surface area contributed by atoms with Gasteiger partial charge in [-0.05, 0) is 18.6 Å². The third-order valence-electron chi connectivity index (χ3n) is 2.19. The number of aromatic nitrogens is 1. The van der Waals surface area contributed by atoms with E-state index in [9.17, 15) is 31.1 Å². The SMILES string of the molecule is CCOC(=O)c1cc(CCl)c(C(F)(F)F)nc1OC(F)(F)F. The van der Waals surface area contributed by atoms with Crippen LogP contribution in [-0.2, 0) is 16.8 Å². The van der Waals surface area contributed by atoms with Crippen LogP contribution >= 0.6 is 11.6 Å². The summed E-state index contributed by atoms with van der Waals surface area (Å²) in [5, 5.41) is 0. The summed E-state index contributed by atoms with van der Waals surface area (Å²) in [6, 6.07) is 0.516. The van der Waals surface area contributed by atoms with E-state index in [0.29, 0.717) is 6.07 Å². The average molecular weight is 352 g/mol. The number of nitrogens with zero attached hydrogens (tertiary/aromatic N) is 1. The third kappa shape index (κ3) is 4.65. The summed E-state index contributed by atoms with van der Waals surface area (Å²) in [7, 11) is 0.